The van der Waals surface area contributed by atoms with E-state index in [1.807, 2.05) is 36.5 Å². The van der Waals surface area contributed by atoms with Crippen LogP contribution in [0.2, 0.25) is 0 Å². The molecule has 1 aliphatic heterocycles. The van der Waals surface area contributed by atoms with Gasteiger partial charge in [0.25, 0.3) is 0 Å². The summed E-state index contributed by atoms with van der Waals surface area (Å²) in [6, 6.07) is 10.1. The second kappa shape index (κ2) is 3.50. The topological polar surface area (TPSA) is 24.9 Å². The summed E-state index contributed by atoms with van der Waals surface area (Å²) in [5, 5.41) is 0. The lowest BCUT2D eigenvalue weighted by Gasteiger charge is -1.89. The SMILES string of the molecule is C(=N\C[C@H]1CO1)/c1ccccc1. The maximum atomic E-state index is 5.03. The summed E-state index contributed by atoms with van der Waals surface area (Å²) in [6.45, 7) is 1.68. The first-order valence-electron chi connectivity index (χ1n) is 4.11. The zero-order valence-corrected chi connectivity index (χ0v) is 6.81. The third kappa shape index (κ3) is 2.17. The van der Waals surface area contributed by atoms with Crippen LogP contribution in [0.15, 0.2) is 35.3 Å². The Bertz CT molecular complexity index is 264. The lowest BCUT2D eigenvalue weighted by atomic mass is 10.2. The fourth-order valence-corrected chi connectivity index (χ4v) is 0.988. The van der Waals surface area contributed by atoms with Crippen molar-refractivity contribution in [3.63, 3.8) is 0 Å². The molecule has 0 aromatic heterocycles. The molecule has 0 spiro atoms. The van der Waals surface area contributed by atoms with Crippen LogP contribution in [0.1, 0.15) is 5.56 Å². The molecule has 2 rings (SSSR count). The molecule has 1 fully saturated rings. The second-order valence-corrected chi connectivity index (χ2v) is 2.86. The fraction of sp³-hybridized carbons (Fsp3) is 0.300. The lowest BCUT2D eigenvalue weighted by molar-refractivity contribution is 0.413. The highest BCUT2D eigenvalue weighted by Gasteiger charge is 2.20. The van der Waals surface area contributed by atoms with Gasteiger partial charge in [0.2, 0.25) is 0 Å². The molecule has 1 aliphatic rings. The van der Waals surface area contributed by atoms with Gasteiger partial charge in [0.1, 0.15) is 6.10 Å². The average molecular weight is 161 g/mol. The van der Waals surface area contributed by atoms with Crippen LogP contribution in [-0.2, 0) is 4.74 Å². The van der Waals surface area contributed by atoms with Gasteiger partial charge < -0.3 is 4.74 Å². The van der Waals surface area contributed by atoms with Gasteiger partial charge in [-0.15, -0.1) is 0 Å². The first kappa shape index (κ1) is 7.50. The highest BCUT2D eigenvalue weighted by molar-refractivity contribution is 5.79. The Hall–Kier alpha value is -1.15. The summed E-state index contributed by atoms with van der Waals surface area (Å²) in [5.41, 5.74) is 1.15. The Balaban J connectivity index is 1.89. The minimum absolute atomic E-state index is 0.393. The third-order valence-corrected chi connectivity index (χ3v) is 1.75. The molecule has 2 nitrogen and oxygen atoms in total. The molecule has 1 aromatic rings. The number of hydrogen-bond donors (Lipinski definition) is 0. The van der Waals surface area contributed by atoms with Gasteiger partial charge in [0, 0.05) is 6.21 Å². The molecule has 0 N–H and O–H groups in total. The standard InChI is InChI=1S/C10H11NO/c1-2-4-9(5-3-1)6-11-7-10-8-12-10/h1-6,10H,7-8H2/b11-6+/t10-/m0/s1. The van der Waals surface area contributed by atoms with Crippen molar-refractivity contribution in [2.75, 3.05) is 13.2 Å². The molecule has 0 saturated carbocycles. The van der Waals surface area contributed by atoms with Gasteiger partial charge >= 0.3 is 0 Å². The van der Waals surface area contributed by atoms with Crippen molar-refractivity contribution in [3.05, 3.63) is 35.9 Å². The van der Waals surface area contributed by atoms with Crippen LogP contribution in [0.4, 0.5) is 0 Å². The van der Waals surface area contributed by atoms with E-state index >= 15 is 0 Å². The highest BCUT2D eigenvalue weighted by atomic mass is 16.6. The van der Waals surface area contributed by atoms with Gasteiger partial charge in [0.15, 0.2) is 0 Å². The van der Waals surface area contributed by atoms with Crippen molar-refractivity contribution in [3.8, 4) is 0 Å². The van der Waals surface area contributed by atoms with E-state index in [0.717, 1.165) is 18.7 Å². The molecule has 62 valence electrons. The van der Waals surface area contributed by atoms with E-state index in [1.54, 1.807) is 0 Å². The summed E-state index contributed by atoms with van der Waals surface area (Å²) in [5.74, 6) is 0. The maximum absolute atomic E-state index is 5.03. The summed E-state index contributed by atoms with van der Waals surface area (Å²) >= 11 is 0. The van der Waals surface area contributed by atoms with Crippen molar-refractivity contribution >= 4 is 6.21 Å². The van der Waals surface area contributed by atoms with E-state index in [0.29, 0.717) is 6.10 Å². The Kier molecular flexibility index (Phi) is 2.19. The van der Waals surface area contributed by atoms with Crippen molar-refractivity contribution in [2.45, 2.75) is 6.10 Å². The smallest absolute Gasteiger partial charge is 0.100 e. The van der Waals surface area contributed by atoms with Crippen LogP contribution in [0.5, 0.6) is 0 Å². The van der Waals surface area contributed by atoms with Crippen LogP contribution < -0.4 is 0 Å². The summed E-state index contributed by atoms with van der Waals surface area (Å²) < 4.78 is 5.03. The molecule has 0 aliphatic carbocycles. The van der Waals surface area contributed by atoms with Gasteiger partial charge in [-0.05, 0) is 5.56 Å². The maximum Gasteiger partial charge on any atom is 0.100 e. The number of hydrogen-bond acceptors (Lipinski definition) is 2. The third-order valence-electron chi connectivity index (χ3n) is 1.75. The number of epoxide rings is 1. The zero-order valence-electron chi connectivity index (χ0n) is 6.81. The Labute approximate surface area is 71.9 Å². The second-order valence-electron chi connectivity index (χ2n) is 2.86. The molecule has 12 heavy (non-hydrogen) atoms. The van der Waals surface area contributed by atoms with Gasteiger partial charge in [-0.1, -0.05) is 30.3 Å². The van der Waals surface area contributed by atoms with Gasteiger partial charge in [-0.2, -0.15) is 0 Å². The predicted octanol–water partition coefficient (Wildman–Crippen LogP) is 1.50. The zero-order chi connectivity index (χ0) is 8.23. The van der Waals surface area contributed by atoms with Gasteiger partial charge in [0.05, 0.1) is 13.2 Å². The minimum Gasteiger partial charge on any atom is -0.371 e. The molecule has 0 radical (unpaired) electrons. The number of nitrogens with zero attached hydrogens (tertiary/aromatic N) is 1. The van der Waals surface area contributed by atoms with E-state index < -0.39 is 0 Å². The molecular formula is C10H11NO. The highest BCUT2D eigenvalue weighted by Crippen LogP contribution is 2.08. The first-order chi connectivity index (χ1) is 5.95. The molecule has 0 amide bonds. The molecule has 0 unspecified atom stereocenters. The number of ether oxygens (including phenoxy) is 1. The molecule has 1 heterocycles. The Morgan fingerprint density at radius 3 is 2.83 bits per heavy atom. The van der Waals surface area contributed by atoms with E-state index in [1.165, 1.54) is 0 Å². The van der Waals surface area contributed by atoms with E-state index in [-0.39, 0.29) is 0 Å². The van der Waals surface area contributed by atoms with E-state index in [9.17, 15) is 0 Å². The Morgan fingerprint density at radius 2 is 2.17 bits per heavy atom. The van der Waals surface area contributed by atoms with Gasteiger partial charge in [-0.25, -0.2) is 0 Å². The number of aliphatic imine (C=N–C) groups is 1. The number of benzene rings is 1. The molecule has 1 aromatic carbocycles. The van der Waals surface area contributed by atoms with Crippen molar-refractivity contribution in [1.82, 2.24) is 0 Å². The van der Waals surface area contributed by atoms with Crippen molar-refractivity contribution < 1.29 is 4.74 Å². The normalized spacial score (nSPS) is 21.5. The molecule has 1 saturated heterocycles. The lowest BCUT2D eigenvalue weighted by Crippen LogP contribution is -1.91. The quantitative estimate of drug-likeness (QED) is 0.487. The monoisotopic (exact) mass is 161 g/mol. The van der Waals surface area contributed by atoms with Gasteiger partial charge in [-0.3, -0.25) is 4.99 Å². The molecule has 1 atom stereocenters. The van der Waals surface area contributed by atoms with Crippen LogP contribution in [0.3, 0.4) is 0 Å². The molecule has 0 bridgehead atoms. The van der Waals surface area contributed by atoms with Crippen LogP contribution >= 0.6 is 0 Å². The summed E-state index contributed by atoms with van der Waals surface area (Å²) in [6.07, 6.45) is 2.28. The largest absolute Gasteiger partial charge is 0.371 e. The molecular weight excluding hydrogens is 150 g/mol. The predicted molar refractivity (Wildman–Crippen MR) is 48.6 cm³/mol. The number of rotatable bonds is 3. The average Bonchev–Trinajstić information content (AvgIpc) is 2.90. The minimum atomic E-state index is 0.393. The van der Waals surface area contributed by atoms with E-state index in [2.05, 4.69) is 4.99 Å². The van der Waals surface area contributed by atoms with E-state index in [4.69, 9.17) is 4.74 Å². The molecule has 2 heteroatoms. The van der Waals surface area contributed by atoms with Crippen LogP contribution in [-0.4, -0.2) is 25.5 Å². The first-order valence-corrected chi connectivity index (χ1v) is 4.11. The summed E-state index contributed by atoms with van der Waals surface area (Å²) in [4.78, 5) is 4.25. The fourth-order valence-electron chi connectivity index (χ4n) is 0.988. The Morgan fingerprint density at radius 1 is 1.42 bits per heavy atom. The van der Waals surface area contributed by atoms with Crippen LogP contribution in [0, 0.1) is 0 Å². The van der Waals surface area contributed by atoms with Crippen LogP contribution in [0.25, 0.3) is 0 Å². The van der Waals surface area contributed by atoms with Crippen molar-refractivity contribution in [2.24, 2.45) is 4.99 Å². The van der Waals surface area contributed by atoms with Crippen molar-refractivity contribution in [1.29, 1.82) is 0 Å². The summed E-state index contributed by atoms with van der Waals surface area (Å²) in [7, 11) is 0.